The van der Waals surface area contributed by atoms with Gasteiger partial charge in [0, 0.05) is 40.9 Å². The first-order chi connectivity index (χ1) is 8.95. The predicted molar refractivity (Wildman–Crippen MR) is 75.0 cm³/mol. The van der Waals surface area contributed by atoms with Gasteiger partial charge in [-0.25, -0.2) is 19.0 Å². The highest BCUT2D eigenvalue weighted by atomic mass is 32.2. The number of aromatic nitrogens is 2. The van der Waals surface area contributed by atoms with Crippen molar-refractivity contribution in [2.75, 3.05) is 24.0 Å². The molecule has 0 amide bonds. The van der Waals surface area contributed by atoms with Gasteiger partial charge in [0.15, 0.2) is 10.8 Å². The van der Waals surface area contributed by atoms with Gasteiger partial charge in [-0.3, -0.25) is 8.61 Å². The molecule has 0 saturated heterocycles. The minimum atomic E-state index is -3.77. The van der Waals surface area contributed by atoms with Crippen LogP contribution in [-0.4, -0.2) is 40.6 Å². The van der Waals surface area contributed by atoms with E-state index in [2.05, 4.69) is 15.1 Å². The fraction of sp³-hybridized carbons (Fsp3) is 0.375. The highest BCUT2D eigenvalue weighted by molar-refractivity contribution is 7.89. The van der Waals surface area contributed by atoms with E-state index in [-0.39, 0.29) is 23.1 Å². The molecule has 11 heteroatoms. The zero-order chi connectivity index (χ0) is 14.0. The third kappa shape index (κ3) is 2.95. The number of nitrogen functional groups attached to an aromatic ring is 1. The Balaban J connectivity index is 2.35. The first-order valence-electron chi connectivity index (χ1n) is 5.17. The fourth-order valence-electron chi connectivity index (χ4n) is 1.50. The topological polar surface area (TPSA) is 119 Å². The van der Waals surface area contributed by atoms with Gasteiger partial charge in [0.1, 0.15) is 0 Å². The summed E-state index contributed by atoms with van der Waals surface area (Å²) in [7, 11) is -4.83. The third-order valence-electron chi connectivity index (χ3n) is 2.29. The van der Waals surface area contributed by atoms with E-state index in [0.717, 1.165) is 0 Å². The summed E-state index contributed by atoms with van der Waals surface area (Å²) < 4.78 is 39.2. The summed E-state index contributed by atoms with van der Waals surface area (Å²) in [4.78, 5) is 4.59. The van der Waals surface area contributed by atoms with Crippen molar-refractivity contribution in [1.82, 2.24) is 14.1 Å². The maximum atomic E-state index is 12.2. The molecule has 2 aromatic heterocycles. The molecule has 0 aliphatic heterocycles. The molecule has 0 bridgehead atoms. The largest absolute Gasteiger partial charge is 0.306 e. The van der Waals surface area contributed by atoms with Gasteiger partial charge in [-0.2, -0.15) is 4.98 Å². The summed E-state index contributed by atoms with van der Waals surface area (Å²) in [6.07, 6.45) is 3.11. The molecule has 4 N–H and O–H groups in total. The average molecular weight is 323 g/mol. The number of anilines is 1. The molecule has 1 unspecified atom stereocenters. The van der Waals surface area contributed by atoms with Gasteiger partial charge < -0.3 is 5.43 Å². The zero-order valence-corrected chi connectivity index (χ0v) is 12.4. The van der Waals surface area contributed by atoms with Crippen LogP contribution in [0.1, 0.15) is 0 Å². The summed E-state index contributed by atoms with van der Waals surface area (Å²) >= 11 is 1.30. The van der Waals surface area contributed by atoms with Crippen molar-refractivity contribution in [2.24, 2.45) is 5.84 Å². The third-order valence-corrected chi connectivity index (χ3v) is 5.31. The van der Waals surface area contributed by atoms with Crippen molar-refractivity contribution in [3.8, 4) is 0 Å². The van der Waals surface area contributed by atoms with E-state index < -0.39 is 20.8 Å². The van der Waals surface area contributed by atoms with Crippen LogP contribution in [0.3, 0.4) is 0 Å². The zero-order valence-electron chi connectivity index (χ0n) is 9.99. The quantitative estimate of drug-likeness (QED) is 0.479. The molecule has 2 rings (SSSR count). The number of nitrogens with zero attached hydrogens (tertiary/aromatic N) is 2. The Hall–Kier alpha value is -1.01. The second kappa shape index (κ2) is 5.54. The number of sulfonamides is 1. The molecule has 106 valence electrons. The first-order valence-corrected chi connectivity index (χ1v) is 9.26. The van der Waals surface area contributed by atoms with Crippen LogP contribution in [0.4, 0.5) is 5.82 Å². The molecule has 19 heavy (non-hydrogen) atoms. The van der Waals surface area contributed by atoms with Gasteiger partial charge in [0.25, 0.3) is 10.0 Å². The average Bonchev–Trinajstić information content (AvgIpc) is 2.86. The Bertz CT molecular complexity index is 704. The summed E-state index contributed by atoms with van der Waals surface area (Å²) in [5.74, 6) is 5.61. The second-order valence-corrected chi connectivity index (χ2v) is 7.75. The Labute approximate surface area is 116 Å². The smallest absolute Gasteiger partial charge is 0.260 e. The lowest BCUT2D eigenvalue weighted by Crippen LogP contribution is -2.29. The summed E-state index contributed by atoms with van der Waals surface area (Å²) in [6.45, 7) is 0.0901. The lowest BCUT2D eigenvalue weighted by Gasteiger charge is -2.06. The minimum Gasteiger partial charge on any atom is -0.306 e. The summed E-state index contributed by atoms with van der Waals surface area (Å²) in [5, 5.41) is 1.68. The van der Waals surface area contributed by atoms with Crippen molar-refractivity contribution in [1.29, 1.82) is 0 Å². The van der Waals surface area contributed by atoms with Crippen molar-refractivity contribution >= 4 is 42.9 Å². The van der Waals surface area contributed by atoms with Crippen LogP contribution in [-0.2, 0) is 20.8 Å². The maximum absolute atomic E-state index is 12.2. The van der Waals surface area contributed by atoms with Gasteiger partial charge in [0.05, 0.1) is 0 Å². The lowest BCUT2D eigenvalue weighted by molar-refractivity contribution is 0.579. The minimum absolute atomic E-state index is 0.0480. The number of nitrogens with one attached hydrogen (secondary N) is 2. The van der Waals surface area contributed by atoms with Gasteiger partial charge in [-0.1, -0.05) is 0 Å². The molecule has 2 aromatic rings. The number of thiazole rings is 1. The van der Waals surface area contributed by atoms with Crippen LogP contribution in [0.15, 0.2) is 16.6 Å². The fourth-order valence-corrected chi connectivity index (χ4v) is 4.07. The molecule has 8 nitrogen and oxygen atoms in total. The number of hydrogen-bond acceptors (Lipinski definition) is 7. The van der Waals surface area contributed by atoms with Gasteiger partial charge in [0.2, 0.25) is 5.03 Å². The van der Waals surface area contributed by atoms with E-state index in [1.807, 2.05) is 0 Å². The lowest BCUT2D eigenvalue weighted by atomic mass is 10.7. The molecule has 1 atom stereocenters. The number of rotatable bonds is 6. The number of nitrogens with two attached hydrogens (primary N) is 1. The number of hydrazine groups is 1. The molecule has 0 aliphatic rings. The van der Waals surface area contributed by atoms with E-state index >= 15 is 0 Å². The van der Waals surface area contributed by atoms with Crippen molar-refractivity contribution in [2.45, 2.75) is 5.03 Å². The molecule has 0 saturated carbocycles. The van der Waals surface area contributed by atoms with Crippen molar-refractivity contribution in [3.05, 3.63) is 11.6 Å². The molecule has 2 heterocycles. The molecular weight excluding hydrogens is 310 g/mol. The van der Waals surface area contributed by atoms with E-state index in [1.165, 1.54) is 22.0 Å². The first kappa shape index (κ1) is 14.4. The summed E-state index contributed by atoms with van der Waals surface area (Å²) in [6, 6.07) is 0. The van der Waals surface area contributed by atoms with Crippen LogP contribution in [0.25, 0.3) is 4.96 Å². The molecule has 0 aromatic carbocycles. The molecule has 0 fully saturated rings. The van der Waals surface area contributed by atoms with Crippen molar-refractivity contribution in [3.63, 3.8) is 0 Å². The van der Waals surface area contributed by atoms with E-state index in [9.17, 15) is 12.6 Å². The summed E-state index contributed by atoms with van der Waals surface area (Å²) in [5.41, 5.74) is 2.27. The van der Waals surface area contributed by atoms with Crippen LogP contribution in [0, 0.1) is 0 Å². The second-order valence-electron chi connectivity index (χ2n) is 3.64. The molecular formula is C8H13N5O3S3. The van der Waals surface area contributed by atoms with Crippen LogP contribution in [0.5, 0.6) is 0 Å². The number of hydrogen-bond donors (Lipinski definition) is 3. The molecule has 0 spiro atoms. The molecule has 0 radical (unpaired) electrons. The standard InChI is InChI=1S/C8H13N5O3S3/c1-18(14)5-2-10-19(15,16)7-6(12-9)11-8-13(7)3-4-17-8/h3-4,10,12H,2,5,9H2,1H3. The van der Waals surface area contributed by atoms with Crippen molar-refractivity contribution < 1.29 is 12.6 Å². The maximum Gasteiger partial charge on any atom is 0.260 e. The molecule has 0 aliphatic carbocycles. The normalized spacial score (nSPS) is 13.8. The van der Waals surface area contributed by atoms with E-state index in [0.29, 0.717) is 4.96 Å². The van der Waals surface area contributed by atoms with E-state index in [4.69, 9.17) is 5.84 Å². The van der Waals surface area contributed by atoms with Crippen LogP contribution in [0.2, 0.25) is 0 Å². The Morgan fingerprint density at radius 3 is 2.95 bits per heavy atom. The highest BCUT2D eigenvalue weighted by Crippen LogP contribution is 2.24. The van der Waals surface area contributed by atoms with Crippen LogP contribution < -0.4 is 16.0 Å². The SMILES string of the molecule is CS(=O)CCNS(=O)(=O)c1c(NN)nc2sccn12. The Morgan fingerprint density at radius 1 is 1.58 bits per heavy atom. The number of imidazole rings is 1. The van der Waals surface area contributed by atoms with Gasteiger partial charge in [-0.05, 0) is 0 Å². The Morgan fingerprint density at radius 2 is 2.32 bits per heavy atom. The van der Waals surface area contributed by atoms with Gasteiger partial charge >= 0.3 is 0 Å². The monoisotopic (exact) mass is 323 g/mol. The predicted octanol–water partition coefficient (Wildman–Crippen LogP) is -0.662. The van der Waals surface area contributed by atoms with E-state index in [1.54, 1.807) is 11.6 Å². The number of fused-ring (bicyclic) bond motifs is 1. The highest BCUT2D eigenvalue weighted by Gasteiger charge is 2.25. The Kier molecular flexibility index (Phi) is 4.20. The van der Waals surface area contributed by atoms with Crippen LogP contribution >= 0.6 is 11.3 Å². The van der Waals surface area contributed by atoms with Gasteiger partial charge in [-0.15, -0.1) is 11.3 Å².